The summed E-state index contributed by atoms with van der Waals surface area (Å²) in [6, 6.07) is 7.92. The number of ether oxygens (including phenoxy) is 2. The number of anilines is 1. The zero-order valence-electron chi connectivity index (χ0n) is 17.5. The Morgan fingerprint density at radius 1 is 1.17 bits per heavy atom. The minimum atomic E-state index is -0.283. The number of hydrogen-bond acceptors (Lipinski definition) is 6. The van der Waals surface area contributed by atoms with Crippen molar-refractivity contribution in [1.82, 2.24) is 9.97 Å². The predicted octanol–water partition coefficient (Wildman–Crippen LogP) is 3.29. The summed E-state index contributed by atoms with van der Waals surface area (Å²) in [5.74, 6) is 2.81. The molecule has 2 N–H and O–H groups in total. The molecule has 160 valence electrons. The van der Waals surface area contributed by atoms with E-state index in [1.54, 1.807) is 12.4 Å². The van der Waals surface area contributed by atoms with Gasteiger partial charge in [0, 0.05) is 19.4 Å². The molecule has 30 heavy (non-hydrogen) atoms. The van der Waals surface area contributed by atoms with Crippen LogP contribution in [0.4, 0.5) is 5.95 Å². The molecule has 2 heterocycles. The molecule has 1 aromatic heterocycles. The van der Waals surface area contributed by atoms with E-state index in [-0.39, 0.29) is 17.9 Å². The van der Waals surface area contributed by atoms with Gasteiger partial charge in [-0.25, -0.2) is 9.97 Å². The summed E-state index contributed by atoms with van der Waals surface area (Å²) in [6.07, 6.45) is 8.75. The second kappa shape index (κ2) is 9.32. The average Bonchev–Trinajstić information content (AvgIpc) is 3.16. The highest BCUT2D eigenvalue weighted by atomic mass is 16.5. The van der Waals surface area contributed by atoms with Crippen molar-refractivity contribution in [3.8, 4) is 11.5 Å². The van der Waals surface area contributed by atoms with Crippen LogP contribution in [0.15, 0.2) is 36.7 Å². The Morgan fingerprint density at radius 2 is 1.90 bits per heavy atom. The Morgan fingerprint density at radius 3 is 2.53 bits per heavy atom. The van der Waals surface area contributed by atoms with E-state index >= 15 is 0 Å². The third-order valence-corrected chi connectivity index (χ3v) is 6.01. The van der Waals surface area contributed by atoms with Crippen molar-refractivity contribution in [2.75, 3.05) is 24.6 Å². The Hall–Kier alpha value is -2.83. The van der Waals surface area contributed by atoms with Gasteiger partial charge in [0.1, 0.15) is 11.9 Å². The highest BCUT2D eigenvalue weighted by molar-refractivity contribution is 5.74. The van der Waals surface area contributed by atoms with Gasteiger partial charge in [-0.1, -0.05) is 25.5 Å². The lowest BCUT2D eigenvalue weighted by molar-refractivity contribution is -0.118. The van der Waals surface area contributed by atoms with Gasteiger partial charge in [-0.3, -0.25) is 4.79 Å². The molecule has 1 saturated carbocycles. The standard InChI is InChI=1S/C23H30N4O3/c1-16(11-22(24)28)18-5-7-19(8-6-18)30-20-9-10-27(14-20)23-25-12-21(13-26-23)29-15-17-3-2-4-17/h5-8,12-13,16-17,20H,2-4,9-11,14-15H2,1H3,(H2,24,28)/t16-,20+/m0/s1. The lowest BCUT2D eigenvalue weighted by atomic mass is 9.86. The first-order valence-corrected chi connectivity index (χ1v) is 10.8. The molecule has 4 rings (SSSR count). The van der Waals surface area contributed by atoms with Crippen molar-refractivity contribution in [1.29, 1.82) is 0 Å². The van der Waals surface area contributed by atoms with Crippen molar-refractivity contribution in [3.63, 3.8) is 0 Å². The number of rotatable bonds is 9. The summed E-state index contributed by atoms with van der Waals surface area (Å²) in [6.45, 7) is 4.38. The van der Waals surface area contributed by atoms with E-state index in [2.05, 4.69) is 14.9 Å². The Labute approximate surface area is 177 Å². The molecule has 2 aliphatic rings. The maximum absolute atomic E-state index is 11.1. The van der Waals surface area contributed by atoms with Crippen molar-refractivity contribution < 1.29 is 14.3 Å². The van der Waals surface area contributed by atoms with Crippen LogP contribution >= 0.6 is 0 Å². The summed E-state index contributed by atoms with van der Waals surface area (Å²) in [7, 11) is 0. The molecular formula is C23H30N4O3. The molecule has 0 bridgehead atoms. The van der Waals surface area contributed by atoms with Gasteiger partial charge in [0.15, 0.2) is 5.75 Å². The molecule has 7 heteroatoms. The average molecular weight is 411 g/mol. The third-order valence-electron chi connectivity index (χ3n) is 6.01. The molecule has 0 unspecified atom stereocenters. The molecule has 2 aromatic rings. The fourth-order valence-corrected chi connectivity index (χ4v) is 3.91. The first-order chi connectivity index (χ1) is 14.6. The number of amides is 1. The van der Waals surface area contributed by atoms with Gasteiger partial charge < -0.3 is 20.1 Å². The molecule has 0 radical (unpaired) electrons. The first kappa shape index (κ1) is 20.4. The quantitative estimate of drug-likeness (QED) is 0.682. The smallest absolute Gasteiger partial charge is 0.225 e. The van der Waals surface area contributed by atoms with Crippen LogP contribution in [0, 0.1) is 5.92 Å². The van der Waals surface area contributed by atoms with Crippen LogP contribution in [0.1, 0.15) is 50.5 Å². The normalized spacial score (nSPS) is 19.9. The maximum atomic E-state index is 11.1. The fraction of sp³-hybridized carbons (Fsp3) is 0.522. The van der Waals surface area contributed by atoms with E-state index in [0.29, 0.717) is 18.3 Å². The monoisotopic (exact) mass is 410 g/mol. The number of hydrogen-bond donors (Lipinski definition) is 1. The number of aromatic nitrogens is 2. The van der Waals surface area contributed by atoms with Crippen LogP contribution in [0.5, 0.6) is 11.5 Å². The number of benzene rings is 1. The Bertz CT molecular complexity index is 837. The Balaban J connectivity index is 1.26. The van der Waals surface area contributed by atoms with Crippen LogP contribution in [-0.2, 0) is 4.79 Å². The zero-order valence-corrected chi connectivity index (χ0v) is 17.5. The van der Waals surface area contributed by atoms with Crippen molar-refractivity contribution in [2.24, 2.45) is 11.7 Å². The molecule has 2 atom stereocenters. The van der Waals surface area contributed by atoms with Crippen LogP contribution in [0.25, 0.3) is 0 Å². The molecule has 2 fully saturated rings. The summed E-state index contributed by atoms with van der Waals surface area (Å²) < 4.78 is 11.9. The summed E-state index contributed by atoms with van der Waals surface area (Å²) in [5, 5.41) is 0. The van der Waals surface area contributed by atoms with Gasteiger partial charge in [-0.15, -0.1) is 0 Å². The third kappa shape index (κ3) is 5.20. The minimum absolute atomic E-state index is 0.0945. The zero-order chi connectivity index (χ0) is 20.9. The van der Waals surface area contributed by atoms with E-state index < -0.39 is 0 Å². The van der Waals surface area contributed by atoms with Crippen LogP contribution in [0.3, 0.4) is 0 Å². The van der Waals surface area contributed by atoms with Crippen molar-refractivity contribution in [3.05, 3.63) is 42.2 Å². The van der Waals surface area contributed by atoms with Gasteiger partial charge in [0.25, 0.3) is 0 Å². The second-order valence-electron chi connectivity index (χ2n) is 8.44. The number of nitrogens with two attached hydrogens (primary N) is 1. The van der Waals surface area contributed by atoms with E-state index in [0.717, 1.165) is 43.2 Å². The first-order valence-electron chi connectivity index (χ1n) is 10.8. The van der Waals surface area contributed by atoms with Gasteiger partial charge in [0.05, 0.1) is 25.5 Å². The topological polar surface area (TPSA) is 90.6 Å². The van der Waals surface area contributed by atoms with E-state index in [1.807, 2.05) is 31.2 Å². The Kier molecular flexibility index (Phi) is 6.35. The van der Waals surface area contributed by atoms with Gasteiger partial charge in [-0.2, -0.15) is 0 Å². The summed E-state index contributed by atoms with van der Waals surface area (Å²) in [5.41, 5.74) is 6.37. The lowest BCUT2D eigenvalue weighted by Gasteiger charge is -2.25. The molecule has 1 aliphatic heterocycles. The summed E-state index contributed by atoms with van der Waals surface area (Å²) >= 11 is 0. The van der Waals surface area contributed by atoms with E-state index in [4.69, 9.17) is 15.2 Å². The van der Waals surface area contributed by atoms with Crippen molar-refractivity contribution >= 4 is 11.9 Å². The molecule has 7 nitrogen and oxygen atoms in total. The molecule has 0 spiro atoms. The number of primary amides is 1. The SMILES string of the molecule is C[C@@H](CC(N)=O)c1ccc(O[C@@H]2CCN(c3ncc(OCC4CCC4)cn3)C2)cc1. The number of carbonyl (C=O) groups is 1. The highest BCUT2D eigenvalue weighted by Gasteiger charge is 2.26. The largest absolute Gasteiger partial charge is 0.490 e. The highest BCUT2D eigenvalue weighted by Crippen LogP contribution is 2.28. The van der Waals surface area contributed by atoms with Gasteiger partial charge in [-0.05, 0) is 42.4 Å². The van der Waals surface area contributed by atoms with Crippen LogP contribution < -0.4 is 20.1 Å². The van der Waals surface area contributed by atoms with Crippen molar-refractivity contribution in [2.45, 2.75) is 51.0 Å². The van der Waals surface area contributed by atoms with E-state index in [9.17, 15) is 4.79 Å². The molecular weight excluding hydrogens is 380 g/mol. The molecule has 1 amide bonds. The van der Waals surface area contributed by atoms with Crippen LogP contribution in [-0.4, -0.2) is 41.7 Å². The summed E-state index contributed by atoms with van der Waals surface area (Å²) in [4.78, 5) is 22.2. The molecule has 1 aromatic carbocycles. The second-order valence-corrected chi connectivity index (χ2v) is 8.44. The van der Waals surface area contributed by atoms with Gasteiger partial charge >= 0.3 is 0 Å². The lowest BCUT2D eigenvalue weighted by Crippen LogP contribution is -2.26. The molecule has 1 aliphatic carbocycles. The minimum Gasteiger partial charge on any atom is -0.490 e. The fourth-order valence-electron chi connectivity index (χ4n) is 3.91. The number of carbonyl (C=O) groups excluding carboxylic acids is 1. The predicted molar refractivity (Wildman–Crippen MR) is 115 cm³/mol. The van der Waals surface area contributed by atoms with Gasteiger partial charge in [0.2, 0.25) is 11.9 Å². The molecule has 1 saturated heterocycles. The maximum Gasteiger partial charge on any atom is 0.225 e. The van der Waals surface area contributed by atoms with Crippen LogP contribution in [0.2, 0.25) is 0 Å². The number of nitrogens with zero attached hydrogens (tertiary/aromatic N) is 3. The van der Waals surface area contributed by atoms with E-state index in [1.165, 1.54) is 19.3 Å².